The van der Waals surface area contributed by atoms with Gasteiger partial charge in [-0.2, -0.15) is 0 Å². The zero-order valence-electron chi connectivity index (χ0n) is 33.7. The summed E-state index contributed by atoms with van der Waals surface area (Å²) in [5.41, 5.74) is 10.1. The molecule has 4 aromatic carbocycles. The number of hydrogen-bond acceptors (Lipinski definition) is 5. The van der Waals surface area contributed by atoms with Crippen LogP contribution in [0, 0.1) is 6.92 Å². The lowest BCUT2D eigenvalue weighted by Crippen LogP contribution is -2.44. The maximum absolute atomic E-state index is 14.9. The lowest BCUT2D eigenvalue weighted by atomic mass is 9.89. The molecule has 0 radical (unpaired) electrons. The average Bonchev–Trinajstić information content (AvgIpc) is 3.54. The van der Waals surface area contributed by atoms with E-state index in [4.69, 9.17) is 4.74 Å². The fourth-order valence-corrected chi connectivity index (χ4v) is 8.70. The van der Waals surface area contributed by atoms with Crippen molar-refractivity contribution in [3.63, 3.8) is 0 Å². The molecule has 0 aliphatic carbocycles. The molecular formula is C48H53N5O4. The Bertz CT molecular complexity index is 2270. The molecule has 5 aromatic rings. The van der Waals surface area contributed by atoms with Gasteiger partial charge in [-0.1, -0.05) is 61.0 Å². The van der Waals surface area contributed by atoms with Crippen molar-refractivity contribution < 1.29 is 19.1 Å². The summed E-state index contributed by atoms with van der Waals surface area (Å²) in [6, 6.07) is 32.1. The number of carbonyl (C=O) groups excluding carboxylic acids is 3. The summed E-state index contributed by atoms with van der Waals surface area (Å²) in [4.78, 5) is 50.6. The first-order valence-electron chi connectivity index (χ1n) is 20.4. The Kier molecular flexibility index (Phi) is 11.0. The van der Waals surface area contributed by atoms with Crippen LogP contribution in [-0.2, 0) is 44.4 Å². The van der Waals surface area contributed by atoms with E-state index < -0.39 is 0 Å². The second kappa shape index (κ2) is 16.4. The molecule has 1 atom stereocenters. The van der Waals surface area contributed by atoms with Crippen molar-refractivity contribution in [1.82, 2.24) is 19.3 Å². The Labute approximate surface area is 336 Å². The molecule has 0 saturated carbocycles. The Hall–Kier alpha value is -5.67. The van der Waals surface area contributed by atoms with Gasteiger partial charge in [0.25, 0.3) is 11.8 Å². The maximum atomic E-state index is 14.9. The molecule has 8 rings (SSSR count). The van der Waals surface area contributed by atoms with E-state index in [1.54, 1.807) is 11.9 Å². The number of nitrogens with zero attached hydrogens (tertiary/aromatic N) is 5. The number of aromatic nitrogens is 1. The molecule has 294 valence electrons. The van der Waals surface area contributed by atoms with Crippen molar-refractivity contribution in [2.24, 2.45) is 7.05 Å². The molecular weight excluding hydrogens is 711 g/mol. The van der Waals surface area contributed by atoms with E-state index in [9.17, 15) is 14.4 Å². The van der Waals surface area contributed by atoms with Crippen LogP contribution in [-0.4, -0.2) is 76.3 Å². The summed E-state index contributed by atoms with van der Waals surface area (Å²) in [6.45, 7) is 8.60. The van der Waals surface area contributed by atoms with Crippen LogP contribution in [0.3, 0.4) is 0 Å². The van der Waals surface area contributed by atoms with Gasteiger partial charge in [-0.25, -0.2) is 0 Å². The lowest BCUT2D eigenvalue weighted by Gasteiger charge is -2.36. The van der Waals surface area contributed by atoms with Gasteiger partial charge in [-0.05, 0) is 123 Å². The number of ether oxygens (including phenoxy) is 1. The minimum absolute atomic E-state index is 0.00923. The van der Waals surface area contributed by atoms with E-state index in [2.05, 4.69) is 36.1 Å². The second-order valence-corrected chi connectivity index (χ2v) is 16.0. The van der Waals surface area contributed by atoms with Gasteiger partial charge in [0.05, 0.1) is 12.1 Å². The van der Waals surface area contributed by atoms with Crippen LogP contribution in [0.15, 0.2) is 97.1 Å². The van der Waals surface area contributed by atoms with Gasteiger partial charge >= 0.3 is 0 Å². The topological polar surface area (TPSA) is 78.3 Å². The number of benzene rings is 4. The number of piperidine rings is 1. The largest absolute Gasteiger partial charge is 0.489 e. The van der Waals surface area contributed by atoms with E-state index in [1.165, 1.54) is 17.5 Å². The predicted octanol–water partition coefficient (Wildman–Crippen LogP) is 7.81. The minimum atomic E-state index is -0.137. The summed E-state index contributed by atoms with van der Waals surface area (Å²) in [7, 11) is 3.75. The van der Waals surface area contributed by atoms with Crippen LogP contribution in [0.5, 0.6) is 5.75 Å². The molecule has 9 nitrogen and oxygen atoms in total. The van der Waals surface area contributed by atoms with Crippen molar-refractivity contribution >= 4 is 23.4 Å². The summed E-state index contributed by atoms with van der Waals surface area (Å²) in [5, 5.41) is 0. The lowest BCUT2D eigenvalue weighted by molar-refractivity contribution is -0.133. The molecule has 0 bridgehead atoms. The van der Waals surface area contributed by atoms with Gasteiger partial charge in [0.2, 0.25) is 5.91 Å². The number of anilines is 1. The summed E-state index contributed by atoms with van der Waals surface area (Å²) >= 11 is 0. The van der Waals surface area contributed by atoms with Gasteiger partial charge in [0.1, 0.15) is 12.4 Å². The van der Waals surface area contributed by atoms with Crippen molar-refractivity contribution in [2.75, 3.05) is 38.1 Å². The highest BCUT2D eigenvalue weighted by Crippen LogP contribution is 2.36. The molecule has 3 amide bonds. The molecule has 3 aliphatic rings. The predicted molar refractivity (Wildman–Crippen MR) is 224 cm³/mol. The molecule has 1 saturated heterocycles. The van der Waals surface area contributed by atoms with Crippen LogP contribution >= 0.6 is 0 Å². The summed E-state index contributed by atoms with van der Waals surface area (Å²) < 4.78 is 8.02. The highest BCUT2D eigenvalue weighted by atomic mass is 16.5. The van der Waals surface area contributed by atoms with Crippen molar-refractivity contribution in [2.45, 2.75) is 71.7 Å². The molecule has 9 heteroatoms. The number of amides is 3. The van der Waals surface area contributed by atoms with E-state index in [-0.39, 0.29) is 23.8 Å². The van der Waals surface area contributed by atoms with E-state index in [1.807, 2.05) is 101 Å². The Balaban J connectivity index is 1.09. The van der Waals surface area contributed by atoms with Crippen LogP contribution in [0.2, 0.25) is 0 Å². The van der Waals surface area contributed by atoms with Crippen LogP contribution in [0.25, 0.3) is 11.3 Å². The molecule has 0 spiro atoms. The molecule has 4 heterocycles. The van der Waals surface area contributed by atoms with Crippen molar-refractivity contribution in [3.8, 4) is 17.0 Å². The van der Waals surface area contributed by atoms with Gasteiger partial charge in [-0.3, -0.25) is 19.3 Å². The van der Waals surface area contributed by atoms with Gasteiger partial charge in [0.15, 0.2) is 0 Å². The third-order valence-electron chi connectivity index (χ3n) is 12.3. The SMILES string of the molecule is Cc1c(C(=O)N(C)c2ccc(OCc3ccccc3)cc2)cc(-c2cc3c(cc2C(=O)N2Cc4ccccc4C[C@H]2C)CN(C(=O)CN2CCCCC2)CC3)n1C. The highest BCUT2D eigenvalue weighted by Gasteiger charge is 2.33. The summed E-state index contributed by atoms with van der Waals surface area (Å²) in [5.74, 6) is 0.708. The molecule has 0 N–H and O–H groups in total. The summed E-state index contributed by atoms with van der Waals surface area (Å²) in [6.07, 6.45) is 5.01. The van der Waals surface area contributed by atoms with E-state index >= 15 is 0 Å². The number of fused-ring (bicyclic) bond motifs is 2. The van der Waals surface area contributed by atoms with Gasteiger partial charge in [0, 0.05) is 68.0 Å². The number of likely N-dealkylation sites (tertiary alicyclic amines) is 1. The number of hydrogen-bond donors (Lipinski definition) is 0. The average molecular weight is 764 g/mol. The van der Waals surface area contributed by atoms with Gasteiger partial charge < -0.3 is 24.0 Å². The first kappa shape index (κ1) is 38.2. The molecule has 1 fully saturated rings. The van der Waals surface area contributed by atoms with Crippen LogP contribution in [0.1, 0.15) is 80.4 Å². The quantitative estimate of drug-likeness (QED) is 0.153. The maximum Gasteiger partial charge on any atom is 0.259 e. The first-order valence-corrected chi connectivity index (χ1v) is 20.4. The fourth-order valence-electron chi connectivity index (χ4n) is 8.70. The fraction of sp³-hybridized carbons (Fsp3) is 0.354. The Morgan fingerprint density at radius 2 is 1.49 bits per heavy atom. The second-order valence-electron chi connectivity index (χ2n) is 16.0. The Morgan fingerprint density at radius 1 is 0.772 bits per heavy atom. The van der Waals surface area contributed by atoms with E-state index in [0.29, 0.717) is 50.3 Å². The monoisotopic (exact) mass is 763 g/mol. The normalized spacial score (nSPS) is 16.8. The molecule has 3 aliphatic heterocycles. The molecule has 57 heavy (non-hydrogen) atoms. The van der Waals surface area contributed by atoms with Crippen LogP contribution in [0.4, 0.5) is 5.69 Å². The van der Waals surface area contributed by atoms with Crippen molar-refractivity contribution in [1.29, 1.82) is 0 Å². The third-order valence-corrected chi connectivity index (χ3v) is 12.3. The zero-order chi connectivity index (χ0) is 39.6. The molecule has 1 aromatic heterocycles. The number of carbonyl (C=O) groups is 3. The Morgan fingerprint density at radius 3 is 2.25 bits per heavy atom. The zero-order valence-corrected chi connectivity index (χ0v) is 33.7. The smallest absolute Gasteiger partial charge is 0.259 e. The minimum Gasteiger partial charge on any atom is -0.489 e. The standard InChI is InChI=1S/C48H53N5O4/c1-33-25-36-15-9-10-16-38(36)30-53(33)48(56)44-27-39-29-52(46(54)31-51-22-11-6-12-23-51)24-21-37(39)26-43(44)45-28-42(34(2)49(45)3)47(55)50(4)40-17-19-41(20-18-40)57-32-35-13-7-5-8-14-35/h5,7-10,13-20,26-28,33H,6,11-12,21-25,29-32H2,1-4H3/t33-/m1/s1. The molecule has 0 unspecified atom stereocenters. The van der Waals surface area contributed by atoms with E-state index in [0.717, 1.165) is 77.4 Å². The first-order chi connectivity index (χ1) is 27.6. The third kappa shape index (κ3) is 7.99. The number of rotatable bonds is 9. The highest BCUT2D eigenvalue weighted by molar-refractivity contribution is 6.08. The van der Waals surface area contributed by atoms with Crippen LogP contribution < -0.4 is 9.64 Å². The van der Waals surface area contributed by atoms with Gasteiger partial charge in [-0.15, -0.1) is 0 Å². The van der Waals surface area contributed by atoms with Crippen molar-refractivity contribution in [3.05, 3.63) is 142 Å².